The van der Waals surface area contributed by atoms with Gasteiger partial charge in [0.05, 0.1) is 18.8 Å². The van der Waals surface area contributed by atoms with E-state index in [0.717, 1.165) is 36.3 Å². The normalized spacial score (nSPS) is 17.8. The van der Waals surface area contributed by atoms with Crippen LogP contribution in [0.3, 0.4) is 0 Å². The lowest BCUT2D eigenvalue weighted by atomic mass is 10.1. The van der Waals surface area contributed by atoms with Gasteiger partial charge in [-0.1, -0.05) is 12.1 Å². The summed E-state index contributed by atoms with van der Waals surface area (Å²) in [6.45, 7) is 1.97. The van der Waals surface area contributed by atoms with E-state index in [-0.39, 0.29) is 11.9 Å². The van der Waals surface area contributed by atoms with Crippen LogP contribution >= 0.6 is 0 Å². The predicted molar refractivity (Wildman–Crippen MR) is 92.8 cm³/mol. The van der Waals surface area contributed by atoms with Crippen LogP contribution in [0.2, 0.25) is 0 Å². The molecule has 3 rings (SSSR count). The van der Waals surface area contributed by atoms with E-state index in [1.54, 1.807) is 4.68 Å². The van der Waals surface area contributed by atoms with Gasteiger partial charge in [-0.05, 0) is 44.1 Å². The van der Waals surface area contributed by atoms with Crippen molar-refractivity contribution < 1.29 is 9.53 Å². The third-order valence-corrected chi connectivity index (χ3v) is 4.37. The molecule has 1 aromatic heterocycles. The first-order valence-corrected chi connectivity index (χ1v) is 8.33. The molecular formula is C18H24N4O2. The summed E-state index contributed by atoms with van der Waals surface area (Å²) in [5.41, 5.74) is 2.12. The van der Waals surface area contributed by atoms with Crippen LogP contribution in [0.5, 0.6) is 5.75 Å². The van der Waals surface area contributed by atoms with Crippen molar-refractivity contribution in [1.29, 1.82) is 0 Å². The number of aryl methyl sites for hydroxylation is 1. The second kappa shape index (κ2) is 7.49. The van der Waals surface area contributed by atoms with Gasteiger partial charge >= 0.3 is 0 Å². The largest absolute Gasteiger partial charge is 0.492 e. The molecule has 1 fully saturated rings. The lowest BCUT2D eigenvalue weighted by molar-refractivity contribution is -0.125. The number of hydrogen-bond donors (Lipinski definition) is 1. The van der Waals surface area contributed by atoms with E-state index in [9.17, 15) is 4.79 Å². The SMILES string of the molecule is CN1CCC[C@H]1C(=O)NCCOc1cccc(-c2cnn(C)c2)c1. The summed E-state index contributed by atoms with van der Waals surface area (Å²) in [5.74, 6) is 0.895. The number of likely N-dealkylation sites (tertiary alicyclic amines) is 1. The van der Waals surface area contributed by atoms with Gasteiger partial charge in [-0.3, -0.25) is 14.4 Å². The van der Waals surface area contributed by atoms with E-state index >= 15 is 0 Å². The highest BCUT2D eigenvalue weighted by Crippen LogP contribution is 2.23. The third kappa shape index (κ3) is 3.94. The molecular weight excluding hydrogens is 304 g/mol. The fourth-order valence-electron chi connectivity index (χ4n) is 3.04. The molecule has 0 radical (unpaired) electrons. The van der Waals surface area contributed by atoms with Gasteiger partial charge in [0.15, 0.2) is 0 Å². The van der Waals surface area contributed by atoms with Crippen molar-refractivity contribution in [3.05, 3.63) is 36.7 Å². The van der Waals surface area contributed by atoms with Crippen LogP contribution in [-0.4, -0.2) is 53.4 Å². The van der Waals surface area contributed by atoms with E-state index in [0.29, 0.717) is 13.2 Å². The molecule has 1 saturated heterocycles. The minimum absolute atomic E-state index is 0.0129. The van der Waals surface area contributed by atoms with E-state index in [2.05, 4.69) is 15.3 Å². The monoisotopic (exact) mass is 328 g/mol. The molecule has 1 atom stereocenters. The van der Waals surface area contributed by atoms with Gasteiger partial charge < -0.3 is 10.1 Å². The Morgan fingerprint density at radius 2 is 2.25 bits per heavy atom. The minimum Gasteiger partial charge on any atom is -0.492 e. The number of amides is 1. The summed E-state index contributed by atoms with van der Waals surface area (Å²) in [7, 11) is 3.89. The minimum atomic E-state index is 0.0129. The predicted octanol–water partition coefficient (Wildman–Crippen LogP) is 1.68. The number of nitrogens with zero attached hydrogens (tertiary/aromatic N) is 3. The molecule has 6 heteroatoms. The first-order chi connectivity index (χ1) is 11.6. The highest BCUT2D eigenvalue weighted by Gasteiger charge is 2.27. The topological polar surface area (TPSA) is 59.4 Å². The number of nitrogens with one attached hydrogen (secondary N) is 1. The smallest absolute Gasteiger partial charge is 0.237 e. The van der Waals surface area contributed by atoms with E-state index in [1.807, 2.05) is 50.8 Å². The number of aromatic nitrogens is 2. The van der Waals surface area contributed by atoms with Gasteiger partial charge in [-0.15, -0.1) is 0 Å². The van der Waals surface area contributed by atoms with Crippen LogP contribution in [0.1, 0.15) is 12.8 Å². The standard InChI is InChI=1S/C18H24N4O2/c1-21-9-4-7-17(21)18(23)19-8-10-24-16-6-3-5-14(11-16)15-12-20-22(2)13-15/h3,5-6,11-13,17H,4,7-10H2,1-2H3,(H,19,23)/t17-/m0/s1. The maximum absolute atomic E-state index is 12.1. The second-order valence-electron chi connectivity index (χ2n) is 6.21. The van der Waals surface area contributed by atoms with Crippen molar-refractivity contribution in [2.24, 2.45) is 7.05 Å². The van der Waals surface area contributed by atoms with Gasteiger partial charge in [-0.25, -0.2) is 0 Å². The molecule has 0 bridgehead atoms. The van der Waals surface area contributed by atoms with Gasteiger partial charge in [-0.2, -0.15) is 5.10 Å². The van der Waals surface area contributed by atoms with E-state index in [1.165, 1.54) is 0 Å². The van der Waals surface area contributed by atoms with E-state index in [4.69, 9.17) is 4.74 Å². The van der Waals surface area contributed by atoms with Crippen molar-refractivity contribution >= 4 is 5.91 Å². The maximum atomic E-state index is 12.1. The zero-order valence-electron chi connectivity index (χ0n) is 14.2. The molecule has 1 aliphatic rings. The first kappa shape index (κ1) is 16.5. The summed E-state index contributed by atoms with van der Waals surface area (Å²) in [6, 6.07) is 7.92. The fraction of sp³-hybridized carbons (Fsp3) is 0.444. The summed E-state index contributed by atoms with van der Waals surface area (Å²) in [5, 5.41) is 7.14. The van der Waals surface area contributed by atoms with Crippen LogP contribution in [0.4, 0.5) is 0 Å². The average molecular weight is 328 g/mol. The third-order valence-electron chi connectivity index (χ3n) is 4.37. The summed E-state index contributed by atoms with van der Waals surface area (Å²) in [4.78, 5) is 14.2. The molecule has 0 aliphatic carbocycles. The van der Waals surface area contributed by atoms with Crippen LogP contribution < -0.4 is 10.1 Å². The molecule has 2 heterocycles. The molecule has 0 spiro atoms. The Morgan fingerprint density at radius 1 is 1.38 bits per heavy atom. The Bertz CT molecular complexity index is 698. The Kier molecular flexibility index (Phi) is 5.15. The quantitative estimate of drug-likeness (QED) is 0.820. The van der Waals surface area contributed by atoms with Crippen molar-refractivity contribution in [3.8, 4) is 16.9 Å². The highest BCUT2D eigenvalue weighted by atomic mass is 16.5. The molecule has 1 aliphatic heterocycles. The molecule has 6 nitrogen and oxygen atoms in total. The van der Waals surface area contributed by atoms with Crippen LogP contribution in [0.25, 0.3) is 11.1 Å². The van der Waals surface area contributed by atoms with Crippen LogP contribution in [-0.2, 0) is 11.8 Å². The van der Waals surface area contributed by atoms with Gasteiger partial charge in [0.1, 0.15) is 12.4 Å². The summed E-state index contributed by atoms with van der Waals surface area (Å²) in [6.07, 6.45) is 5.83. The Balaban J connectivity index is 1.48. The Hall–Kier alpha value is -2.34. The highest BCUT2D eigenvalue weighted by molar-refractivity contribution is 5.81. The molecule has 128 valence electrons. The van der Waals surface area contributed by atoms with Crippen LogP contribution in [0.15, 0.2) is 36.7 Å². The molecule has 1 amide bonds. The molecule has 24 heavy (non-hydrogen) atoms. The number of carbonyl (C=O) groups excluding carboxylic acids is 1. The first-order valence-electron chi connectivity index (χ1n) is 8.33. The molecule has 0 saturated carbocycles. The van der Waals surface area contributed by atoms with Crippen molar-refractivity contribution in [2.75, 3.05) is 26.7 Å². The zero-order chi connectivity index (χ0) is 16.9. The average Bonchev–Trinajstić information content (AvgIpc) is 3.20. The van der Waals surface area contributed by atoms with E-state index < -0.39 is 0 Å². The van der Waals surface area contributed by atoms with Gasteiger partial charge in [0.2, 0.25) is 5.91 Å². The molecule has 0 unspecified atom stereocenters. The lowest BCUT2D eigenvalue weighted by Gasteiger charge is -2.18. The fourth-order valence-corrected chi connectivity index (χ4v) is 3.04. The summed E-state index contributed by atoms with van der Waals surface area (Å²) >= 11 is 0. The number of carbonyl (C=O) groups is 1. The molecule has 2 aromatic rings. The van der Waals surface area contributed by atoms with Crippen molar-refractivity contribution in [3.63, 3.8) is 0 Å². The number of ether oxygens (including phenoxy) is 1. The molecule has 1 N–H and O–H groups in total. The van der Waals surface area contributed by atoms with Crippen LogP contribution in [0, 0.1) is 0 Å². The van der Waals surface area contributed by atoms with Gasteiger partial charge in [0.25, 0.3) is 0 Å². The van der Waals surface area contributed by atoms with Crippen molar-refractivity contribution in [2.45, 2.75) is 18.9 Å². The Labute approximate surface area is 142 Å². The number of likely N-dealkylation sites (N-methyl/N-ethyl adjacent to an activating group) is 1. The lowest BCUT2D eigenvalue weighted by Crippen LogP contribution is -2.42. The van der Waals surface area contributed by atoms with Gasteiger partial charge in [0, 0.05) is 18.8 Å². The number of hydrogen-bond acceptors (Lipinski definition) is 4. The molecule has 1 aromatic carbocycles. The zero-order valence-corrected chi connectivity index (χ0v) is 14.2. The summed E-state index contributed by atoms with van der Waals surface area (Å²) < 4.78 is 7.54. The van der Waals surface area contributed by atoms with Crippen molar-refractivity contribution in [1.82, 2.24) is 20.0 Å². The number of rotatable bonds is 6. The number of benzene rings is 1. The maximum Gasteiger partial charge on any atom is 0.237 e. The Morgan fingerprint density at radius 3 is 2.96 bits per heavy atom. The second-order valence-corrected chi connectivity index (χ2v) is 6.21.